The maximum Gasteiger partial charge on any atom is 0.324 e. The number of imide groups is 1. The van der Waals surface area contributed by atoms with Gasteiger partial charge in [-0.15, -0.1) is 12.4 Å². The first-order valence-corrected chi connectivity index (χ1v) is 13.7. The summed E-state index contributed by atoms with van der Waals surface area (Å²) in [4.78, 5) is 44.7. The van der Waals surface area contributed by atoms with Crippen LogP contribution >= 0.6 is 12.4 Å². The molecule has 7 nitrogen and oxygen atoms in total. The van der Waals surface area contributed by atoms with Crippen LogP contribution in [0.1, 0.15) is 65.7 Å². The van der Waals surface area contributed by atoms with Gasteiger partial charge in [0.1, 0.15) is 0 Å². The van der Waals surface area contributed by atoms with Crippen LogP contribution in [0.2, 0.25) is 0 Å². The van der Waals surface area contributed by atoms with Crippen molar-refractivity contribution in [2.45, 2.75) is 71.8 Å². The highest BCUT2D eigenvalue weighted by Crippen LogP contribution is 2.65. The summed E-state index contributed by atoms with van der Waals surface area (Å²) in [7, 11) is 5.99. The Bertz CT molecular complexity index is 879. The van der Waals surface area contributed by atoms with Crippen molar-refractivity contribution >= 4 is 30.3 Å². The Hall–Kier alpha value is -1.60. The van der Waals surface area contributed by atoms with E-state index in [2.05, 4.69) is 30.1 Å². The van der Waals surface area contributed by atoms with E-state index in [0.29, 0.717) is 30.8 Å². The molecule has 8 heteroatoms. The largest absolute Gasteiger partial charge is 0.338 e. The standard InChI is InChI=1S/C28H46N4O3.ClH/c1-7-29-26(35)32(18-8-17-30(4)5)25(34)22-11-10-20-19-9-12-23-28(3,16-14-24(33)31(23)6)21(19)13-15-27(20,22)2;/h14,16,19-23H,7-13,15,17-18H2,1-6H3,(H,29,35);1H/t19-,20-,21-,22+,23+,27-,28+;/m0./s1. The molecule has 0 aromatic carbocycles. The Morgan fingerprint density at radius 2 is 1.81 bits per heavy atom. The number of fused-ring (bicyclic) bond motifs is 5. The Labute approximate surface area is 223 Å². The molecule has 4 amide bonds. The highest BCUT2D eigenvalue weighted by atomic mass is 35.5. The van der Waals surface area contributed by atoms with Crippen molar-refractivity contribution in [1.82, 2.24) is 20.0 Å². The zero-order valence-electron chi connectivity index (χ0n) is 23.1. The third kappa shape index (κ3) is 4.82. The van der Waals surface area contributed by atoms with Crippen LogP contribution in [-0.2, 0) is 9.59 Å². The number of nitrogens with zero attached hydrogens (tertiary/aromatic N) is 3. The van der Waals surface area contributed by atoms with E-state index in [1.165, 1.54) is 4.90 Å². The fourth-order valence-corrected chi connectivity index (χ4v) is 8.44. The van der Waals surface area contributed by atoms with Crippen LogP contribution in [-0.4, -0.2) is 79.4 Å². The lowest BCUT2D eigenvalue weighted by atomic mass is 9.47. The molecule has 0 spiro atoms. The second kappa shape index (κ2) is 11.0. The molecule has 3 saturated carbocycles. The summed E-state index contributed by atoms with van der Waals surface area (Å²) in [6.07, 6.45) is 11.0. The molecule has 1 N–H and O–H groups in total. The summed E-state index contributed by atoms with van der Waals surface area (Å²) in [5.74, 6) is 1.68. The van der Waals surface area contributed by atoms with Gasteiger partial charge in [0.05, 0.1) is 0 Å². The number of urea groups is 1. The minimum atomic E-state index is -0.245. The zero-order chi connectivity index (χ0) is 25.5. The van der Waals surface area contributed by atoms with E-state index in [9.17, 15) is 14.4 Å². The summed E-state index contributed by atoms with van der Waals surface area (Å²) in [5.41, 5.74) is -0.0535. The highest BCUT2D eigenvalue weighted by Gasteiger charge is 2.62. The molecule has 0 saturated heterocycles. The van der Waals surface area contributed by atoms with Gasteiger partial charge in [0, 0.05) is 37.5 Å². The van der Waals surface area contributed by atoms with E-state index in [4.69, 9.17) is 0 Å². The van der Waals surface area contributed by atoms with E-state index in [1.807, 2.05) is 33.0 Å². The van der Waals surface area contributed by atoms with Gasteiger partial charge in [0.2, 0.25) is 11.8 Å². The average molecular weight is 523 g/mol. The van der Waals surface area contributed by atoms with Gasteiger partial charge in [-0.25, -0.2) is 4.79 Å². The van der Waals surface area contributed by atoms with Gasteiger partial charge < -0.3 is 15.1 Å². The van der Waals surface area contributed by atoms with Crippen molar-refractivity contribution in [3.8, 4) is 0 Å². The number of rotatable bonds is 6. The molecule has 0 radical (unpaired) electrons. The Kier molecular flexibility index (Phi) is 8.87. The minimum Gasteiger partial charge on any atom is -0.338 e. The van der Waals surface area contributed by atoms with Gasteiger partial charge in [-0.3, -0.25) is 14.5 Å². The van der Waals surface area contributed by atoms with Gasteiger partial charge in [0.25, 0.3) is 0 Å². The molecule has 0 bridgehead atoms. The lowest BCUT2D eigenvalue weighted by Crippen LogP contribution is -2.60. The molecule has 36 heavy (non-hydrogen) atoms. The smallest absolute Gasteiger partial charge is 0.324 e. The predicted molar refractivity (Wildman–Crippen MR) is 145 cm³/mol. The Morgan fingerprint density at radius 1 is 1.08 bits per heavy atom. The van der Waals surface area contributed by atoms with Crippen LogP contribution in [0.5, 0.6) is 0 Å². The number of halogens is 1. The molecule has 4 rings (SSSR count). The molecule has 7 atom stereocenters. The summed E-state index contributed by atoms with van der Waals surface area (Å²) < 4.78 is 0. The first kappa shape index (κ1) is 29.0. The summed E-state index contributed by atoms with van der Waals surface area (Å²) >= 11 is 0. The maximum absolute atomic E-state index is 13.9. The lowest BCUT2D eigenvalue weighted by Gasteiger charge is -2.60. The number of nitrogens with one attached hydrogen (secondary N) is 1. The maximum atomic E-state index is 13.9. The molecule has 1 aliphatic heterocycles. The Balaban J connectivity index is 0.00000361. The zero-order valence-corrected chi connectivity index (χ0v) is 23.9. The second-order valence-corrected chi connectivity index (χ2v) is 12.3. The first-order valence-electron chi connectivity index (χ1n) is 13.7. The number of carbonyl (C=O) groups excluding carboxylic acids is 3. The van der Waals surface area contributed by atoms with Crippen LogP contribution in [0.25, 0.3) is 0 Å². The van der Waals surface area contributed by atoms with E-state index >= 15 is 0 Å². The lowest BCUT2D eigenvalue weighted by molar-refractivity contribution is -0.145. The van der Waals surface area contributed by atoms with Crippen molar-refractivity contribution in [2.24, 2.45) is 34.5 Å². The van der Waals surface area contributed by atoms with Crippen molar-refractivity contribution in [3.05, 3.63) is 12.2 Å². The molecule has 204 valence electrons. The first-order chi connectivity index (χ1) is 16.5. The quantitative estimate of drug-likeness (QED) is 0.568. The van der Waals surface area contributed by atoms with E-state index in [-0.39, 0.29) is 53.0 Å². The van der Waals surface area contributed by atoms with Crippen molar-refractivity contribution in [2.75, 3.05) is 40.8 Å². The highest BCUT2D eigenvalue weighted by molar-refractivity contribution is 5.96. The number of carbonyl (C=O) groups is 3. The van der Waals surface area contributed by atoms with Gasteiger partial charge >= 0.3 is 6.03 Å². The molecule has 0 aromatic heterocycles. The second-order valence-electron chi connectivity index (χ2n) is 12.3. The fraction of sp³-hybridized carbons (Fsp3) is 0.821. The number of likely N-dealkylation sites (N-methyl/N-ethyl adjacent to an activating group) is 1. The number of hydrogen-bond acceptors (Lipinski definition) is 4. The van der Waals surface area contributed by atoms with Crippen LogP contribution < -0.4 is 5.32 Å². The molecule has 0 unspecified atom stereocenters. The van der Waals surface area contributed by atoms with E-state index in [0.717, 1.165) is 51.5 Å². The van der Waals surface area contributed by atoms with Crippen LogP contribution in [0.15, 0.2) is 12.2 Å². The van der Waals surface area contributed by atoms with Crippen molar-refractivity contribution in [3.63, 3.8) is 0 Å². The Morgan fingerprint density at radius 3 is 2.47 bits per heavy atom. The predicted octanol–water partition coefficient (Wildman–Crippen LogP) is 4.17. The van der Waals surface area contributed by atoms with Crippen LogP contribution in [0, 0.1) is 34.5 Å². The van der Waals surface area contributed by atoms with Crippen LogP contribution in [0.3, 0.4) is 0 Å². The molecular formula is C28H47ClN4O3. The summed E-state index contributed by atoms with van der Waals surface area (Å²) in [6, 6.07) is 0.0272. The van der Waals surface area contributed by atoms with Crippen molar-refractivity contribution < 1.29 is 14.4 Å². The van der Waals surface area contributed by atoms with Crippen LogP contribution in [0.4, 0.5) is 4.79 Å². The summed E-state index contributed by atoms with van der Waals surface area (Å²) in [5, 5.41) is 2.87. The molecular weight excluding hydrogens is 476 g/mol. The fourth-order valence-electron chi connectivity index (χ4n) is 8.44. The average Bonchev–Trinajstić information content (AvgIpc) is 3.16. The van der Waals surface area contributed by atoms with Crippen molar-refractivity contribution in [1.29, 1.82) is 0 Å². The summed E-state index contributed by atoms with van der Waals surface area (Å²) in [6.45, 7) is 8.43. The topological polar surface area (TPSA) is 73.0 Å². The number of amides is 4. The normalized spacial score (nSPS) is 37.0. The van der Waals surface area contributed by atoms with Gasteiger partial charge in [-0.2, -0.15) is 0 Å². The van der Waals surface area contributed by atoms with Gasteiger partial charge in [-0.05, 0) is 102 Å². The third-order valence-corrected chi connectivity index (χ3v) is 10.3. The molecule has 1 heterocycles. The van der Waals surface area contributed by atoms with Gasteiger partial charge in [-0.1, -0.05) is 19.9 Å². The third-order valence-electron chi connectivity index (χ3n) is 10.3. The molecule has 4 aliphatic rings. The SMILES string of the molecule is CCNC(=O)N(CCCN(C)C)C(=O)[C@H]1CC[C@H]2[C@@H]3CC[C@H]4N(C)C(=O)C=C[C@]4(C)[C@H]3CC[C@]12C.Cl. The van der Waals surface area contributed by atoms with E-state index < -0.39 is 0 Å². The molecule has 0 aromatic rings. The monoisotopic (exact) mass is 522 g/mol. The minimum absolute atomic E-state index is 0. The number of hydrogen-bond donors (Lipinski definition) is 1. The molecule has 3 fully saturated rings. The van der Waals surface area contributed by atoms with E-state index in [1.54, 1.807) is 6.08 Å². The van der Waals surface area contributed by atoms with Gasteiger partial charge in [0.15, 0.2) is 0 Å². The molecule has 3 aliphatic carbocycles.